The van der Waals surface area contributed by atoms with Crippen LogP contribution in [-0.4, -0.2) is 35.7 Å². The highest BCUT2D eigenvalue weighted by Gasteiger charge is 2.43. The SMILES string of the molecule is O=C(O)C1C(=O)Nc2ccccc2N1C(=O)OCC1c2ccccc2-c2ccccc21. The van der Waals surface area contributed by atoms with E-state index in [0.29, 0.717) is 5.69 Å². The first-order valence-electron chi connectivity index (χ1n) is 9.83. The van der Waals surface area contributed by atoms with Gasteiger partial charge in [-0.05, 0) is 34.4 Å². The largest absolute Gasteiger partial charge is 0.479 e. The first-order valence-corrected chi connectivity index (χ1v) is 9.83. The topological polar surface area (TPSA) is 95.9 Å². The van der Waals surface area contributed by atoms with Crippen molar-refractivity contribution in [1.29, 1.82) is 0 Å². The normalized spacial score (nSPS) is 16.7. The van der Waals surface area contributed by atoms with Crippen LogP contribution in [0.2, 0.25) is 0 Å². The molecule has 1 heterocycles. The Hall–Kier alpha value is -4.13. The molecule has 0 fully saturated rings. The van der Waals surface area contributed by atoms with Crippen molar-refractivity contribution in [2.24, 2.45) is 0 Å². The summed E-state index contributed by atoms with van der Waals surface area (Å²) in [4.78, 5) is 38.1. The molecule has 2 aliphatic rings. The Kier molecular flexibility index (Phi) is 4.43. The van der Waals surface area contributed by atoms with Crippen LogP contribution in [0.15, 0.2) is 72.8 Å². The molecule has 0 saturated heterocycles. The van der Waals surface area contributed by atoms with Crippen LogP contribution in [0, 0.1) is 0 Å². The second-order valence-electron chi connectivity index (χ2n) is 7.42. The lowest BCUT2D eigenvalue weighted by atomic mass is 9.98. The Morgan fingerprint density at radius 1 is 0.903 bits per heavy atom. The molecule has 0 radical (unpaired) electrons. The average Bonchev–Trinajstić information content (AvgIpc) is 3.10. The van der Waals surface area contributed by atoms with Crippen molar-refractivity contribution in [3.8, 4) is 11.1 Å². The molecule has 0 bridgehead atoms. The van der Waals surface area contributed by atoms with Gasteiger partial charge in [0, 0.05) is 5.92 Å². The summed E-state index contributed by atoms with van der Waals surface area (Å²) in [7, 11) is 0. The number of anilines is 2. The Morgan fingerprint density at radius 3 is 2.13 bits per heavy atom. The van der Waals surface area contributed by atoms with Crippen molar-refractivity contribution in [1.82, 2.24) is 0 Å². The lowest BCUT2D eigenvalue weighted by molar-refractivity contribution is -0.141. The van der Waals surface area contributed by atoms with Crippen molar-refractivity contribution < 1.29 is 24.2 Å². The average molecular weight is 414 g/mol. The molecule has 5 rings (SSSR count). The number of rotatable bonds is 3. The summed E-state index contributed by atoms with van der Waals surface area (Å²) in [5, 5.41) is 12.1. The van der Waals surface area contributed by atoms with Gasteiger partial charge in [-0.2, -0.15) is 0 Å². The second kappa shape index (κ2) is 7.28. The van der Waals surface area contributed by atoms with Crippen LogP contribution in [0.25, 0.3) is 11.1 Å². The van der Waals surface area contributed by atoms with E-state index in [-0.39, 0.29) is 18.2 Å². The van der Waals surface area contributed by atoms with E-state index in [1.54, 1.807) is 24.3 Å². The van der Waals surface area contributed by atoms with E-state index >= 15 is 0 Å². The molecule has 7 heteroatoms. The fourth-order valence-corrected chi connectivity index (χ4v) is 4.34. The maximum atomic E-state index is 13.1. The molecule has 1 aliphatic heterocycles. The number of hydrogen-bond donors (Lipinski definition) is 2. The first-order chi connectivity index (χ1) is 15.1. The minimum Gasteiger partial charge on any atom is -0.479 e. The van der Waals surface area contributed by atoms with E-state index in [0.717, 1.165) is 27.2 Å². The summed E-state index contributed by atoms with van der Waals surface area (Å²) in [6, 6.07) is 20.7. The maximum Gasteiger partial charge on any atom is 0.415 e. The van der Waals surface area contributed by atoms with Crippen molar-refractivity contribution >= 4 is 29.3 Å². The molecule has 7 nitrogen and oxygen atoms in total. The van der Waals surface area contributed by atoms with Gasteiger partial charge in [0.1, 0.15) is 6.61 Å². The number of carbonyl (C=O) groups is 3. The van der Waals surface area contributed by atoms with E-state index in [2.05, 4.69) is 5.32 Å². The molecule has 2 N–H and O–H groups in total. The number of carboxylic acid groups (broad SMARTS) is 1. The number of nitrogens with zero attached hydrogens (tertiary/aromatic N) is 1. The summed E-state index contributed by atoms with van der Waals surface area (Å²) in [6.07, 6.45) is -0.878. The zero-order valence-electron chi connectivity index (χ0n) is 16.3. The molecule has 3 aromatic rings. The van der Waals surface area contributed by atoms with Gasteiger partial charge in [0.05, 0.1) is 11.4 Å². The molecule has 0 spiro atoms. The third-order valence-electron chi connectivity index (χ3n) is 5.69. The molecule has 0 saturated carbocycles. The molecule has 1 unspecified atom stereocenters. The van der Waals surface area contributed by atoms with Crippen LogP contribution >= 0.6 is 0 Å². The fourth-order valence-electron chi connectivity index (χ4n) is 4.34. The van der Waals surface area contributed by atoms with Gasteiger partial charge >= 0.3 is 12.1 Å². The van der Waals surface area contributed by atoms with Crippen molar-refractivity contribution in [3.05, 3.63) is 83.9 Å². The molecular weight excluding hydrogens is 396 g/mol. The number of amides is 2. The molecule has 31 heavy (non-hydrogen) atoms. The van der Waals surface area contributed by atoms with Gasteiger partial charge in [0.15, 0.2) is 0 Å². The summed E-state index contributed by atoms with van der Waals surface area (Å²) in [5.41, 5.74) is 4.91. The highest BCUT2D eigenvalue weighted by Crippen LogP contribution is 2.44. The lowest BCUT2D eigenvalue weighted by Gasteiger charge is -2.33. The minimum atomic E-state index is -1.70. The number of benzene rings is 3. The summed E-state index contributed by atoms with van der Waals surface area (Å²) in [6.45, 7) is 0.0273. The Bertz CT molecular complexity index is 1180. The number of fused-ring (bicyclic) bond motifs is 4. The van der Waals surface area contributed by atoms with Crippen LogP contribution in [0.3, 0.4) is 0 Å². The maximum absolute atomic E-state index is 13.1. The number of carboxylic acids is 1. The van der Waals surface area contributed by atoms with E-state index in [4.69, 9.17) is 4.74 Å². The number of carbonyl (C=O) groups excluding carboxylic acids is 2. The zero-order chi connectivity index (χ0) is 21.5. The van der Waals surface area contributed by atoms with Gasteiger partial charge in [-0.15, -0.1) is 0 Å². The second-order valence-corrected chi connectivity index (χ2v) is 7.42. The summed E-state index contributed by atoms with van der Waals surface area (Å²) in [5.74, 6) is -2.39. The van der Waals surface area contributed by atoms with E-state index in [1.807, 2.05) is 48.5 Å². The van der Waals surface area contributed by atoms with Crippen LogP contribution in [0.4, 0.5) is 16.2 Å². The van der Waals surface area contributed by atoms with Crippen molar-refractivity contribution in [2.75, 3.05) is 16.8 Å². The van der Waals surface area contributed by atoms with Gasteiger partial charge in [0.2, 0.25) is 6.04 Å². The molecular formula is C24H18N2O5. The third kappa shape index (κ3) is 3.02. The lowest BCUT2D eigenvalue weighted by Crippen LogP contribution is -2.55. The van der Waals surface area contributed by atoms with E-state index in [9.17, 15) is 19.5 Å². The number of nitrogens with one attached hydrogen (secondary N) is 1. The van der Waals surface area contributed by atoms with E-state index in [1.165, 1.54) is 0 Å². The van der Waals surface area contributed by atoms with Crippen LogP contribution in [-0.2, 0) is 14.3 Å². The van der Waals surface area contributed by atoms with Gasteiger partial charge < -0.3 is 15.2 Å². The van der Waals surface area contributed by atoms with Crippen LogP contribution < -0.4 is 10.2 Å². The van der Waals surface area contributed by atoms with Gasteiger partial charge in [-0.1, -0.05) is 60.7 Å². The standard InChI is InChI=1S/C24H18N2O5/c27-22-21(23(28)29)26(20-12-6-5-11-19(20)25-22)24(30)31-13-18-16-9-3-1-7-14(16)15-8-2-4-10-17(15)18/h1-12,18,21H,13H2,(H,25,27)(H,28,29). The first kappa shape index (κ1) is 18.9. The van der Waals surface area contributed by atoms with Gasteiger partial charge in [0.25, 0.3) is 5.91 Å². The Labute approximate surface area is 177 Å². The quantitative estimate of drug-likeness (QED) is 0.635. The van der Waals surface area contributed by atoms with Crippen molar-refractivity contribution in [2.45, 2.75) is 12.0 Å². The number of aliphatic carboxylic acids is 1. The monoisotopic (exact) mass is 414 g/mol. The van der Waals surface area contributed by atoms with Crippen molar-refractivity contribution in [3.63, 3.8) is 0 Å². The number of para-hydroxylation sites is 2. The Morgan fingerprint density at radius 2 is 1.48 bits per heavy atom. The van der Waals surface area contributed by atoms with Crippen LogP contribution in [0.5, 0.6) is 0 Å². The van der Waals surface area contributed by atoms with Crippen LogP contribution in [0.1, 0.15) is 17.0 Å². The van der Waals surface area contributed by atoms with Gasteiger partial charge in [-0.3, -0.25) is 9.69 Å². The smallest absolute Gasteiger partial charge is 0.415 e. The zero-order valence-corrected chi connectivity index (χ0v) is 16.3. The number of ether oxygens (including phenoxy) is 1. The summed E-state index contributed by atoms with van der Waals surface area (Å²) >= 11 is 0. The Balaban J connectivity index is 1.45. The molecule has 0 aromatic heterocycles. The molecule has 1 atom stereocenters. The highest BCUT2D eigenvalue weighted by atomic mass is 16.6. The predicted octanol–water partition coefficient (Wildman–Crippen LogP) is 3.85. The number of hydrogen-bond acceptors (Lipinski definition) is 4. The molecule has 1 aliphatic carbocycles. The predicted molar refractivity (Wildman–Crippen MR) is 114 cm³/mol. The minimum absolute atomic E-state index is 0.0273. The third-order valence-corrected chi connectivity index (χ3v) is 5.69. The molecule has 2 amide bonds. The van der Waals surface area contributed by atoms with E-state index < -0.39 is 24.0 Å². The molecule has 154 valence electrons. The van der Waals surface area contributed by atoms with Gasteiger partial charge in [-0.25, -0.2) is 9.59 Å². The molecule has 3 aromatic carbocycles. The highest BCUT2D eigenvalue weighted by molar-refractivity contribution is 6.19. The fraction of sp³-hybridized carbons (Fsp3) is 0.125. The summed E-state index contributed by atoms with van der Waals surface area (Å²) < 4.78 is 5.61.